The van der Waals surface area contributed by atoms with E-state index in [-0.39, 0.29) is 5.69 Å². The summed E-state index contributed by atoms with van der Waals surface area (Å²) in [4.78, 5) is 27.1. The molecule has 1 amide bonds. The molecule has 1 aromatic heterocycles. The average molecular weight is 365 g/mol. The Hall–Kier alpha value is -2.31. The normalized spacial score (nSPS) is 11.9. The first kappa shape index (κ1) is 19.0. The van der Waals surface area contributed by atoms with Crippen LogP contribution in [-0.4, -0.2) is 28.6 Å². The topological polar surface area (TPSA) is 91.4 Å². The van der Waals surface area contributed by atoms with Crippen molar-refractivity contribution in [1.29, 1.82) is 0 Å². The molecule has 1 heterocycles. The van der Waals surface area contributed by atoms with Gasteiger partial charge in [0.05, 0.1) is 6.10 Å². The van der Waals surface area contributed by atoms with Crippen molar-refractivity contribution in [2.24, 2.45) is 0 Å². The highest BCUT2D eigenvalue weighted by molar-refractivity contribution is 6.31. The van der Waals surface area contributed by atoms with Crippen molar-refractivity contribution in [3.8, 4) is 0 Å². The third-order valence-corrected chi connectivity index (χ3v) is 4.16. The van der Waals surface area contributed by atoms with E-state index in [1.54, 1.807) is 39.0 Å². The summed E-state index contributed by atoms with van der Waals surface area (Å²) in [5, 5.41) is 12.9. The molecule has 6 nitrogen and oxygen atoms in total. The maximum Gasteiger partial charge on any atom is 0.355 e. The van der Waals surface area contributed by atoms with E-state index < -0.39 is 24.6 Å². The van der Waals surface area contributed by atoms with Crippen LogP contribution in [0, 0.1) is 20.8 Å². The van der Waals surface area contributed by atoms with Crippen molar-refractivity contribution in [1.82, 2.24) is 4.98 Å². The molecule has 134 valence electrons. The first-order valence-electron chi connectivity index (χ1n) is 7.81. The average Bonchev–Trinajstić information content (AvgIpc) is 2.83. The Bertz CT molecular complexity index is 812. The van der Waals surface area contributed by atoms with Gasteiger partial charge in [0.1, 0.15) is 5.69 Å². The Labute approximate surface area is 151 Å². The van der Waals surface area contributed by atoms with Crippen LogP contribution in [0.1, 0.15) is 45.9 Å². The summed E-state index contributed by atoms with van der Waals surface area (Å²) in [6.45, 7) is 6.52. The van der Waals surface area contributed by atoms with Crippen LogP contribution in [0.2, 0.25) is 5.02 Å². The number of aliphatic hydroxyl groups excluding tert-OH is 1. The zero-order valence-corrected chi connectivity index (χ0v) is 15.3. The van der Waals surface area contributed by atoms with Crippen LogP contribution in [0.3, 0.4) is 0 Å². The van der Waals surface area contributed by atoms with Crippen LogP contribution in [0.15, 0.2) is 18.2 Å². The Kier molecular flexibility index (Phi) is 5.87. The van der Waals surface area contributed by atoms with Crippen LogP contribution < -0.4 is 5.32 Å². The van der Waals surface area contributed by atoms with Gasteiger partial charge in [-0.05, 0) is 51.0 Å². The molecule has 1 aromatic carbocycles. The predicted molar refractivity (Wildman–Crippen MR) is 96.0 cm³/mol. The standard InChI is InChI=1S/C18H21ClN2O4/c1-9-5-6-13(19)7-14(9)21-15(23)8-25-18(24)17-10(2)16(12(4)22)11(3)20-17/h5-7,12,20,22H,8H2,1-4H3,(H,21,23)/t12-/m0/s1. The van der Waals surface area contributed by atoms with Gasteiger partial charge in [0.15, 0.2) is 6.61 Å². The van der Waals surface area contributed by atoms with E-state index in [2.05, 4.69) is 10.3 Å². The number of esters is 1. The van der Waals surface area contributed by atoms with Crippen molar-refractivity contribution >= 4 is 29.2 Å². The van der Waals surface area contributed by atoms with Crippen LogP contribution >= 0.6 is 11.6 Å². The molecule has 0 aliphatic rings. The molecule has 2 aromatic rings. The molecule has 0 unspecified atom stereocenters. The third-order valence-electron chi connectivity index (χ3n) is 3.93. The Balaban J connectivity index is 2.01. The minimum absolute atomic E-state index is 0.236. The van der Waals surface area contributed by atoms with E-state index >= 15 is 0 Å². The van der Waals surface area contributed by atoms with Crippen molar-refractivity contribution in [3.63, 3.8) is 0 Å². The molecule has 0 saturated carbocycles. The highest BCUT2D eigenvalue weighted by Crippen LogP contribution is 2.25. The molecule has 1 atom stereocenters. The van der Waals surface area contributed by atoms with Gasteiger partial charge >= 0.3 is 5.97 Å². The lowest BCUT2D eigenvalue weighted by Gasteiger charge is -2.09. The molecule has 25 heavy (non-hydrogen) atoms. The molecule has 3 N–H and O–H groups in total. The monoisotopic (exact) mass is 364 g/mol. The van der Waals surface area contributed by atoms with Crippen LogP contribution in [-0.2, 0) is 9.53 Å². The van der Waals surface area contributed by atoms with Gasteiger partial charge in [-0.15, -0.1) is 0 Å². The molecule has 7 heteroatoms. The highest BCUT2D eigenvalue weighted by Gasteiger charge is 2.21. The largest absolute Gasteiger partial charge is 0.451 e. The van der Waals surface area contributed by atoms with E-state index in [9.17, 15) is 14.7 Å². The molecule has 0 radical (unpaired) electrons. The second kappa shape index (κ2) is 7.72. The first-order chi connectivity index (χ1) is 11.7. The Morgan fingerprint density at radius 1 is 1.32 bits per heavy atom. The molecular formula is C18H21ClN2O4. The summed E-state index contributed by atoms with van der Waals surface area (Å²) in [7, 11) is 0. The zero-order valence-electron chi connectivity index (χ0n) is 14.6. The van der Waals surface area contributed by atoms with Gasteiger partial charge in [-0.2, -0.15) is 0 Å². The van der Waals surface area contributed by atoms with Crippen LogP contribution in [0.5, 0.6) is 0 Å². The summed E-state index contributed by atoms with van der Waals surface area (Å²) in [5.74, 6) is -1.11. The number of aromatic nitrogens is 1. The lowest BCUT2D eigenvalue weighted by atomic mass is 10.1. The summed E-state index contributed by atoms with van der Waals surface area (Å²) in [6.07, 6.45) is -0.702. The van der Waals surface area contributed by atoms with Gasteiger partial charge in [0.25, 0.3) is 5.91 Å². The summed E-state index contributed by atoms with van der Waals surface area (Å²) < 4.78 is 5.06. The van der Waals surface area contributed by atoms with Crippen LogP contribution in [0.25, 0.3) is 0 Å². The maximum absolute atomic E-state index is 12.2. The fraction of sp³-hybridized carbons (Fsp3) is 0.333. The van der Waals surface area contributed by atoms with E-state index in [4.69, 9.17) is 16.3 Å². The molecule has 0 aliphatic heterocycles. The number of nitrogens with one attached hydrogen (secondary N) is 2. The molecular weight excluding hydrogens is 344 g/mol. The minimum atomic E-state index is -0.702. The van der Waals surface area contributed by atoms with Crippen molar-refractivity contribution in [2.45, 2.75) is 33.8 Å². The fourth-order valence-electron chi connectivity index (χ4n) is 2.71. The van der Waals surface area contributed by atoms with Crippen molar-refractivity contribution in [2.75, 3.05) is 11.9 Å². The molecule has 0 fully saturated rings. The minimum Gasteiger partial charge on any atom is -0.451 e. The number of amides is 1. The van der Waals surface area contributed by atoms with Crippen molar-refractivity contribution < 1.29 is 19.4 Å². The van der Waals surface area contributed by atoms with E-state index in [1.165, 1.54) is 0 Å². The number of rotatable bonds is 5. The van der Waals surface area contributed by atoms with Gasteiger partial charge in [0, 0.05) is 22.0 Å². The molecule has 2 rings (SSSR count). The lowest BCUT2D eigenvalue weighted by Crippen LogP contribution is -2.21. The maximum atomic E-state index is 12.2. The second-order valence-corrected chi connectivity index (χ2v) is 6.36. The van der Waals surface area contributed by atoms with Gasteiger partial charge in [0.2, 0.25) is 0 Å². The summed E-state index contributed by atoms with van der Waals surface area (Å²) in [5.41, 5.74) is 3.62. The first-order valence-corrected chi connectivity index (χ1v) is 8.18. The van der Waals surface area contributed by atoms with E-state index in [1.807, 2.05) is 6.92 Å². The van der Waals surface area contributed by atoms with Crippen LogP contribution in [0.4, 0.5) is 5.69 Å². The Morgan fingerprint density at radius 3 is 2.60 bits per heavy atom. The number of H-pyrrole nitrogens is 1. The van der Waals surface area contributed by atoms with Gasteiger partial charge < -0.3 is 20.1 Å². The lowest BCUT2D eigenvalue weighted by molar-refractivity contribution is -0.119. The number of halogens is 1. The number of hydrogen-bond acceptors (Lipinski definition) is 4. The van der Waals surface area contributed by atoms with E-state index in [0.717, 1.165) is 5.56 Å². The summed E-state index contributed by atoms with van der Waals surface area (Å²) >= 11 is 5.91. The number of aromatic amines is 1. The third kappa shape index (κ3) is 4.41. The van der Waals surface area contributed by atoms with Gasteiger partial charge in [-0.1, -0.05) is 17.7 Å². The smallest absolute Gasteiger partial charge is 0.355 e. The fourth-order valence-corrected chi connectivity index (χ4v) is 2.89. The molecule has 0 aliphatic carbocycles. The Morgan fingerprint density at radius 2 is 2.00 bits per heavy atom. The molecule has 0 spiro atoms. The number of carbonyl (C=O) groups is 2. The van der Waals surface area contributed by atoms with Crippen molar-refractivity contribution in [3.05, 3.63) is 51.3 Å². The zero-order chi connectivity index (χ0) is 18.7. The quantitative estimate of drug-likeness (QED) is 0.709. The number of anilines is 1. The molecule has 0 bridgehead atoms. The SMILES string of the molecule is Cc1ccc(Cl)cc1NC(=O)COC(=O)c1[nH]c(C)c([C@H](C)O)c1C. The number of ether oxygens (including phenoxy) is 1. The number of aliphatic hydroxyl groups is 1. The number of aryl methyl sites for hydroxylation is 2. The van der Waals surface area contributed by atoms with Gasteiger partial charge in [-0.25, -0.2) is 4.79 Å². The highest BCUT2D eigenvalue weighted by atomic mass is 35.5. The summed E-state index contributed by atoms with van der Waals surface area (Å²) in [6, 6.07) is 5.14. The predicted octanol–water partition coefficient (Wildman–Crippen LogP) is 3.44. The molecule has 0 saturated heterocycles. The second-order valence-electron chi connectivity index (χ2n) is 5.92. The number of hydrogen-bond donors (Lipinski definition) is 3. The number of carbonyl (C=O) groups excluding carboxylic acids is 2. The number of benzene rings is 1. The van der Waals surface area contributed by atoms with Gasteiger partial charge in [-0.3, -0.25) is 4.79 Å². The van der Waals surface area contributed by atoms with E-state index in [0.29, 0.717) is 27.5 Å².